The van der Waals surface area contributed by atoms with Crippen molar-refractivity contribution in [2.45, 2.75) is 13.3 Å². The Bertz CT molecular complexity index is 999. The number of aromatic nitrogens is 3. The summed E-state index contributed by atoms with van der Waals surface area (Å²) in [5, 5.41) is 1.78. The van der Waals surface area contributed by atoms with Gasteiger partial charge in [-0.25, -0.2) is 4.98 Å². The number of nitrogens with zero attached hydrogens (tertiary/aromatic N) is 5. The van der Waals surface area contributed by atoms with Gasteiger partial charge < -0.3 is 14.4 Å². The maximum Gasteiger partial charge on any atom is 0.272 e. The molecule has 140 valence electrons. The fourth-order valence-electron chi connectivity index (χ4n) is 3.74. The zero-order valence-corrected chi connectivity index (χ0v) is 16.3. The number of hydrogen-bond donors (Lipinski definition) is 0. The summed E-state index contributed by atoms with van der Waals surface area (Å²) in [7, 11) is 1.85. The molecule has 0 spiro atoms. The molecule has 0 N–H and O–H groups in total. The van der Waals surface area contributed by atoms with Crippen molar-refractivity contribution in [3.8, 4) is 0 Å². The van der Waals surface area contributed by atoms with E-state index in [1.54, 1.807) is 17.1 Å². The third kappa shape index (κ3) is 3.37. The van der Waals surface area contributed by atoms with E-state index in [1.807, 2.05) is 43.3 Å². The van der Waals surface area contributed by atoms with Gasteiger partial charge in [-0.2, -0.15) is 0 Å². The molecule has 6 nitrogen and oxygen atoms in total. The largest absolute Gasteiger partial charge is 0.369 e. The first-order chi connectivity index (χ1) is 13.0. The standard InChI is InChI=1S/C20H22ClN5O/c1-14-10-15(21)11-16-17(4-5-23-19(14)16)25-6-3-7-26(9-8-25)20(27)18-12-22-13-24(18)2/h4-5,10-13H,3,6-9H2,1-2H3. The van der Waals surface area contributed by atoms with Gasteiger partial charge in [-0.1, -0.05) is 11.6 Å². The summed E-state index contributed by atoms with van der Waals surface area (Å²) < 4.78 is 1.77. The summed E-state index contributed by atoms with van der Waals surface area (Å²) in [5.41, 5.74) is 3.80. The molecular weight excluding hydrogens is 362 g/mol. The van der Waals surface area contributed by atoms with Crippen LogP contribution in [0.4, 0.5) is 5.69 Å². The van der Waals surface area contributed by atoms with Crippen LogP contribution in [0.1, 0.15) is 22.5 Å². The number of halogens is 1. The van der Waals surface area contributed by atoms with Crippen molar-refractivity contribution in [1.82, 2.24) is 19.4 Å². The quantitative estimate of drug-likeness (QED) is 0.681. The van der Waals surface area contributed by atoms with Crippen molar-refractivity contribution in [3.63, 3.8) is 0 Å². The number of carbonyl (C=O) groups is 1. The minimum absolute atomic E-state index is 0.0373. The van der Waals surface area contributed by atoms with Crippen LogP contribution < -0.4 is 4.90 Å². The minimum Gasteiger partial charge on any atom is -0.369 e. The number of amides is 1. The summed E-state index contributed by atoms with van der Waals surface area (Å²) >= 11 is 6.30. The number of hydrogen-bond acceptors (Lipinski definition) is 4. The highest BCUT2D eigenvalue weighted by atomic mass is 35.5. The first-order valence-electron chi connectivity index (χ1n) is 9.10. The van der Waals surface area contributed by atoms with Gasteiger partial charge in [-0.3, -0.25) is 9.78 Å². The van der Waals surface area contributed by atoms with E-state index in [0.29, 0.717) is 12.2 Å². The number of rotatable bonds is 2. The fraction of sp³-hybridized carbons (Fsp3) is 0.350. The number of imidazole rings is 1. The van der Waals surface area contributed by atoms with Crippen LogP contribution in [0, 0.1) is 6.92 Å². The van der Waals surface area contributed by atoms with Crippen molar-refractivity contribution < 1.29 is 4.79 Å². The second-order valence-electron chi connectivity index (χ2n) is 6.97. The average Bonchev–Trinajstić information content (AvgIpc) is 2.93. The zero-order valence-electron chi connectivity index (χ0n) is 15.5. The van der Waals surface area contributed by atoms with Gasteiger partial charge in [0.2, 0.25) is 0 Å². The normalized spacial score (nSPS) is 15.2. The van der Waals surface area contributed by atoms with Crippen molar-refractivity contribution in [2.75, 3.05) is 31.1 Å². The Morgan fingerprint density at radius 2 is 2.04 bits per heavy atom. The van der Waals surface area contributed by atoms with Crippen LogP contribution in [0.25, 0.3) is 10.9 Å². The highest BCUT2D eigenvalue weighted by molar-refractivity contribution is 6.31. The highest BCUT2D eigenvalue weighted by Crippen LogP contribution is 2.30. The van der Waals surface area contributed by atoms with E-state index in [2.05, 4.69) is 14.9 Å². The molecule has 4 rings (SSSR count). The van der Waals surface area contributed by atoms with Gasteiger partial charge in [0.05, 0.1) is 18.0 Å². The predicted octanol–water partition coefficient (Wildman–Crippen LogP) is 3.28. The molecule has 0 bridgehead atoms. The Hall–Kier alpha value is -2.60. The molecule has 0 unspecified atom stereocenters. The van der Waals surface area contributed by atoms with Gasteiger partial charge in [0.25, 0.3) is 5.91 Å². The highest BCUT2D eigenvalue weighted by Gasteiger charge is 2.23. The molecule has 1 aliphatic rings. The van der Waals surface area contributed by atoms with Crippen LogP contribution in [0.5, 0.6) is 0 Å². The van der Waals surface area contributed by atoms with Crippen LogP contribution in [0.3, 0.4) is 0 Å². The maximum atomic E-state index is 12.8. The van der Waals surface area contributed by atoms with Crippen LogP contribution in [0.2, 0.25) is 5.02 Å². The van der Waals surface area contributed by atoms with E-state index >= 15 is 0 Å². The van der Waals surface area contributed by atoms with Gasteiger partial charge >= 0.3 is 0 Å². The van der Waals surface area contributed by atoms with E-state index in [4.69, 9.17) is 11.6 Å². The fourth-order valence-corrected chi connectivity index (χ4v) is 4.01. The van der Waals surface area contributed by atoms with Gasteiger partial charge in [-0.15, -0.1) is 0 Å². The molecule has 1 aromatic carbocycles. The van der Waals surface area contributed by atoms with E-state index < -0.39 is 0 Å². The molecule has 0 radical (unpaired) electrons. The number of benzene rings is 1. The Labute approximate surface area is 163 Å². The van der Waals surface area contributed by atoms with Crippen molar-refractivity contribution >= 4 is 34.1 Å². The Morgan fingerprint density at radius 3 is 2.81 bits per heavy atom. The summed E-state index contributed by atoms with van der Waals surface area (Å²) in [6.07, 6.45) is 6.05. The number of fused-ring (bicyclic) bond motifs is 1. The predicted molar refractivity (Wildman–Crippen MR) is 107 cm³/mol. The third-order valence-electron chi connectivity index (χ3n) is 5.14. The Balaban J connectivity index is 1.60. The second kappa shape index (κ2) is 7.19. The minimum atomic E-state index is 0.0373. The molecule has 7 heteroatoms. The lowest BCUT2D eigenvalue weighted by Gasteiger charge is -2.25. The van der Waals surface area contributed by atoms with Crippen molar-refractivity contribution in [3.05, 3.63) is 53.2 Å². The van der Waals surface area contributed by atoms with Crippen LogP contribution in [0.15, 0.2) is 36.9 Å². The molecule has 1 fully saturated rings. The van der Waals surface area contributed by atoms with Crippen LogP contribution in [-0.2, 0) is 7.05 Å². The average molecular weight is 384 g/mol. The Kier molecular flexibility index (Phi) is 4.74. The van der Waals surface area contributed by atoms with Crippen molar-refractivity contribution in [2.24, 2.45) is 7.05 Å². The lowest BCUT2D eigenvalue weighted by molar-refractivity contribution is 0.0757. The van der Waals surface area contributed by atoms with E-state index in [9.17, 15) is 4.79 Å². The molecule has 1 saturated heterocycles. The van der Waals surface area contributed by atoms with Crippen LogP contribution in [-0.4, -0.2) is 51.5 Å². The van der Waals surface area contributed by atoms with E-state index in [1.165, 1.54) is 0 Å². The number of anilines is 1. The lowest BCUT2D eigenvalue weighted by atomic mass is 10.1. The van der Waals surface area contributed by atoms with Crippen molar-refractivity contribution in [1.29, 1.82) is 0 Å². The van der Waals surface area contributed by atoms with Crippen LogP contribution >= 0.6 is 11.6 Å². The van der Waals surface area contributed by atoms with E-state index in [0.717, 1.165) is 53.2 Å². The first-order valence-corrected chi connectivity index (χ1v) is 9.48. The third-order valence-corrected chi connectivity index (χ3v) is 5.36. The maximum absolute atomic E-state index is 12.8. The van der Waals surface area contributed by atoms with Gasteiger partial charge in [0.1, 0.15) is 5.69 Å². The molecule has 0 atom stereocenters. The molecule has 0 aliphatic carbocycles. The molecule has 3 aromatic rings. The molecule has 1 aliphatic heterocycles. The second-order valence-corrected chi connectivity index (χ2v) is 7.41. The molecule has 3 heterocycles. The SMILES string of the molecule is Cc1cc(Cl)cc2c(N3CCCN(C(=O)c4cncn4C)CC3)ccnc12. The molecule has 27 heavy (non-hydrogen) atoms. The van der Waals surface area contributed by atoms with Gasteiger partial charge in [0.15, 0.2) is 0 Å². The molecule has 0 saturated carbocycles. The zero-order chi connectivity index (χ0) is 19.0. The lowest BCUT2D eigenvalue weighted by Crippen LogP contribution is -2.36. The summed E-state index contributed by atoms with van der Waals surface area (Å²) in [4.78, 5) is 25.6. The summed E-state index contributed by atoms with van der Waals surface area (Å²) in [6.45, 7) is 5.10. The van der Waals surface area contributed by atoms with Gasteiger partial charge in [-0.05, 0) is 37.1 Å². The monoisotopic (exact) mass is 383 g/mol. The summed E-state index contributed by atoms with van der Waals surface area (Å²) in [5.74, 6) is 0.0373. The number of pyridine rings is 1. The number of aryl methyl sites for hydroxylation is 2. The summed E-state index contributed by atoms with van der Waals surface area (Å²) in [6, 6.07) is 5.96. The molecular formula is C20H22ClN5O. The topological polar surface area (TPSA) is 54.3 Å². The van der Waals surface area contributed by atoms with Gasteiger partial charge in [0, 0.05) is 55.5 Å². The molecule has 2 aromatic heterocycles. The smallest absolute Gasteiger partial charge is 0.272 e. The number of carbonyl (C=O) groups excluding carboxylic acids is 1. The first kappa shape index (κ1) is 17.8. The Morgan fingerprint density at radius 1 is 1.19 bits per heavy atom. The molecule has 1 amide bonds. The van der Waals surface area contributed by atoms with E-state index in [-0.39, 0.29) is 5.91 Å².